The van der Waals surface area contributed by atoms with Crippen molar-refractivity contribution in [1.29, 1.82) is 0 Å². The smallest absolute Gasteiger partial charge is 0.223 e. The van der Waals surface area contributed by atoms with Crippen LogP contribution in [0, 0.1) is 22.2 Å². The molecule has 1 spiro atoms. The summed E-state index contributed by atoms with van der Waals surface area (Å²) in [5, 5.41) is 11.0. The van der Waals surface area contributed by atoms with Gasteiger partial charge in [0, 0.05) is 29.2 Å². The molecule has 0 aromatic heterocycles. The van der Waals surface area contributed by atoms with Crippen LogP contribution in [0.15, 0.2) is 22.5 Å². The highest BCUT2D eigenvalue weighted by Gasteiger charge is 2.64. The number of hydrogen-bond donors (Lipinski definition) is 1. The summed E-state index contributed by atoms with van der Waals surface area (Å²) in [6.07, 6.45) is 5.64. The fourth-order valence-corrected chi connectivity index (χ4v) is 8.45. The lowest BCUT2D eigenvalue weighted by Crippen LogP contribution is -2.53. The van der Waals surface area contributed by atoms with Gasteiger partial charge in [-0.25, -0.2) is 0 Å². The van der Waals surface area contributed by atoms with Crippen molar-refractivity contribution in [3.63, 3.8) is 0 Å². The molecule has 2 aliphatic heterocycles. The van der Waals surface area contributed by atoms with Crippen molar-refractivity contribution < 1.29 is 29.0 Å². The van der Waals surface area contributed by atoms with E-state index in [2.05, 4.69) is 13.8 Å². The Bertz CT molecular complexity index is 1100. The number of Topliss-reactive ketones (excluding diaryl/α,β-unsaturated/α-hetero) is 3. The number of ketones is 3. The van der Waals surface area contributed by atoms with Gasteiger partial charge < -0.3 is 14.6 Å². The summed E-state index contributed by atoms with van der Waals surface area (Å²) in [5.41, 5.74) is -0.299. The molecule has 5 rings (SSSR count). The van der Waals surface area contributed by atoms with E-state index in [-0.39, 0.29) is 46.1 Å². The van der Waals surface area contributed by atoms with E-state index >= 15 is 0 Å². The van der Waals surface area contributed by atoms with Crippen molar-refractivity contribution in [2.24, 2.45) is 22.2 Å². The summed E-state index contributed by atoms with van der Waals surface area (Å²) in [5.74, 6) is -0.155. The van der Waals surface area contributed by atoms with Crippen molar-refractivity contribution in [3.8, 4) is 0 Å². The Balaban J connectivity index is 1.49. The third kappa shape index (κ3) is 3.46. The zero-order valence-electron chi connectivity index (χ0n) is 23.0. The van der Waals surface area contributed by atoms with Crippen molar-refractivity contribution in [1.82, 2.24) is 0 Å². The maximum absolute atomic E-state index is 13.2. The average Bonchev–Trinajstić information content (AvgIpc) is 3.58. The molecule has 36 heavy (non-hydrogen) atoms. The number of allylic oxidation sites excluding steroid dienone is 3. The first-order valence-corrected chi connectivity index (χ1v) is 13.7. The van der Waals surface area contributed by atoms with Crippen LogP contribution in [-0.4, -0.2) is 46.4 Å². The molecule has 4 fully saturated rings. The molecule has 2 heterocycles. The predicted molar refractivity (Wildman–Crippen MR) is 135 cm³/mol. The Morgan fingerprint density at radius 3 is 2.22 bits per heavy atom. The third-order valence-corrected chi connectivity index (χ3v) is 10.8. The summed E-state index contributed by atoms with van der Waals surface area (Å²) in [6, 6.07) is 0. The van der Waals surface area contributed by atoms with Crippen LogP contribution in [0.1, 0.15) is 99.8 Å². The Labute approximate surface area is 214 Å². The lowest BCUT2D eigenvalue weighted by atomic mass is 9.52. The number of rotatable bonds is 3. The quantitative estimate of drug-likeness (QED) is 0.510. The van der Waals surface area contributed by atoms with E-state index in [1.54, 1.807) is 0 Å². The molecule has 0 amide bonds. The second kappa shape index (κ2) is 7.86. The highest BCUT2D eigenvalue weighted by atomic mass is 16.6. The number of fused-ring (bicyclic) bond motifs is 2. The Hall–Kier alpha value is -1.79. The molecular formula is C30H42O6. The minimum absolute atomic E-state index is 0.0110. The van der Waals surface area contributed by atoms with Crippen LogP contribution in [0.25, 0.3) is 0 Å². The largest absolute Gasteiger partial charge is 0.504 e. The van der Waals surface area contributed by atoms with Gasteiger partial charge in [0.25, 0.3) is 0 Å². The standard InChI is InChI=1S/C30H42O6/c1-17-18(28(6)13-10-20(31)26(2,3)25(28)24(34)23(17)33)8-9-19-29(7)14-11-21(32)27(4,5)36-22(29)12-15-30(19)16-35-30/h19,22,34H,8-16H2,1-7H3/t19-,22-,28?,29?,30+/m0/s1. The molecule has 0 aromatic rings. The lowest BCUT2D eigenvalue weighted by Gasteiger charge is -2.52. The SMILES string of the molecule is CC1=C(CC[C@H]2C3(C)CCC(=O)C(C)(C)O[C@H]3CC[C@@]23CO3)C2(C)CCC(=O)C(C)(C)C2=C(O)C1=O. The van der Waals surface area contributed by atoms with Crippen LogP contribution in [0.4, 0.5) is 0 Å². The van der Waals surface area contributed by atoms with Crippen LogP contribution in [0.2, 0.25) is 0 Å². The van der Waals surface area contributed by atoms with E-state index < -0.39 is 16.4 Å². The number of aliphatic hydroxyl groups is 1. The van der Waals surface area contributed by atoms with Crippen LogP contribution in [-0.2, 0) is 23.9 Å². The van der Waals surface area contributed by atoms with Crippen molar-refractivity contribution in [2.75, 3.05) is 6.61 Å². The number of hydrogen-bond acceptors (Lipinski definition) is 6. The van der Waals surface area contributed by atoms with E-state index in [1.165, 1.54) is 0 Å². The van der Waals surface area contributed by atoms with Gasteiger partial charge >= 0.3 is 0 Å². The second-order valence-electron chi connectivity index (χ2n) is 13.6. The molecule has 1 N–H and O–H groups in total. The number of carbonyl (C=O) groups is 3. The van der Waals surface area contributed by atoms with E-state index in [9.17, 15) is 19.5 Å². The summed E-state index contributed by atoms with van der Waals surface area (Å²) in [7, 11) is 0. The van der Waals surface area contributed by atoms with Crippen LogP contribution in [0.3, 0.4) is 0 Å². The van der Waals surface area contributed by atoms with E-state index in [4.69, 9.17) is 9.47 Å². The first kappa shape index (κ1) is 25.8. The van der Waals surface area contributed by atoms with Crippen LogP contribution in [0.5, 0.6) is 0 Å². The normalized spacial score (nSPS) is 41.8. The summed E-state index contributed by atoms with van der Waals surface area (Å²) >= 11 is 0. The zero-order chi connectivity index (χ0) is 26.5. The highest BCUT2D eigenvalue weighted by Crippen LogP contribution is 2.62. The van der Waals surface area contributed by atoms with Gasteiger partial charge in [-0.15, -0.1) is 0 Å². The minimum Gasteiger partial charge on any atom is -0.504 e. The molecule has 2 saturated heterocycles. The molecular weight excluding hydrogens is 456 g/mol. The van der Waals surface area contributed by atoms with E-state index in [0.717, 1.165) is 37.9 Å². The van der Waals surface area contributed by atoms with Gasteiger partial charge in [0.1, 0.15) is 11.4 Å². The first-order valence-electron chi connectivity index (χ1n) is 13.7. The molecule has 198 valence electrons. The highest BCUT2D eigenvalue weighted by molar-refractivity contribution is 6.10. The molecule has 0 aromatic carbocycles. The molecule has 2 unspecified atom stereocenters. The van der Waals surface area contributed by atoms with Gasteiger partial charge in [-0.1, -0.05) is 19.4 Å². The summed E-state index contributed by atoms with van der Waals surface area (Å²) in [4.78, 5) is 38.9. The molecule has 0 radical (unpaired) electrons. The minimum atomic E-state index is -0.873. The van der Waals surface area contributed by atoms with Gasteiger partial charge in [-0.2, -0.15) is 0 Å². The fourth-order valence-electron chi connectivity index (χ4n) is 8.45. The molecule has 2 saturated carbocycles. The Morgan fingerprint density at radius 2 is 1.58 bits per heavy atom. The van der Waals surface area contributed by atoms with Gasteiger partial charge in [-0.05, 0) is 90.0 Å². The molecule has 5 atom stereocenters. The second-order valence-corrected chi connectivity index (χ2v) is 13.6. The maximum atomic E-state index is 13.2. The zero-order valence-corrected chi connectivity index (χ0v) is 23.0. The summed E-state index contributed by atoms with van der Waals surface area (Å²) < 4.78 is 12.7. The number of aliphatic hydroxyl groups excluding tert-OH is 1. The fraction of sp³-hybridized carbons (Fsp3) is 0.767. The average molecular weight is 499 g/mol. The molecule has 3 aliphatic carbocycles. The predicted octanol–water partition coefficient (Wildman–Crippen LogP) is 5.59. The molecule has 5 aliphatic rings. The summed E-state index contributed by atoms with van der Waals surface area (Å²) in [6.45, 7) is 14.4. The number of carbonyl (C=O) groups excluding carboxylic acids is 3. The molecule has 6 heteroatoms. The Kier molecular flexibility index (Phi) is 5.64. The van der Waals surface area contributed by atoms with Gasteiger partial charge in [0.05, 0.1) is 18.3 Å². The first-order chi connectivity index (χ1) is 16.6. The third-order valence-electron chi connectivity index (χ3n) is 10.8. The lowest BCUT2D eigenvalue weighted by molar-refractivity contribution is -0.168. The molecule has 0 bridgehead atoms. The topological polar surface area (TPSA) is 93.2 Å². The van der Waals surface area contributed by atoms with Gasteiger partial charge in [0.15, 0.2) is 11.5 Å². The van der Waals surface area contributed by atoms with Gasteiger partial charge in [-0.3, -0.25) is 14.4 Å². The Morgan fingerprint density at radius 1 is 0.944 bits per heavy atom. The number of epoxide rings is 1. The van der Waals surface area contributed by atoms with E-state index in [1.807, 2.05) is 34.6 Å². The van der Waals surface area contributed by atoms with Crippen LogP contribution < -0.4 is 0 Å². The van der Waals surface area contributed by atoms with Crippen molar-refractivity contribution >= 4 is 17.3 Å². The van der Waals surface area contributed by atoms with Crippen molar-refractivity contribution in [3.05, 3.63) is 22.5 Å². The van der Waals surface area contributed by atoms with Crippen LogP contribution >= 0.6 is 0 Å². The van der Waals surface area contributed by atoms with E-state index in [0.29, 0.717) is 36.8 Å². The molecule has 6 nitrogen and oxygen atoms in total. The van der Waals surface area contributed by atoms with Crippen molar-refractivity contribution in [2.45, 2.75) is 117 Å². The maximum Gasteiger partial charge on any atom is 0.223 e. The monoisotopic (exact) mass is 498 g/mol. The number of ether oxygens (including phenoxy) is 2. The van der Waals surface area contributed by atoms with Gasteiger partial charge in [0.2, 0.25) is 5.78 Å².